The van der Waals surface area contributed by atoms with Gasteiger partial charge in [0.05, 0.1) is 6.10 Å². The molecule has 0 aromatic rings. The van der Waals surface area contributed by atoms with E-state index in [1.807, 2.05) is 6.92 Å². The quantitative estimate of drug-likeness (QED) is 0.448. The summed E-state index contributed by atoms with van der Waals surface area (Å²) in [6, 6.07) is 0. The van der Waals surface area contributed by atoms with Gasteiger partial charge in [-0.25, -0.2) is 0 Å². The van der Waals surface area contributed by atoms with Crippen molar-refractivity contribution >= 4 is 0 Å². The van der Waals surface area contributed by atoms with Crippen LogP contribution >= 0.6 is 0 Å². The van der Waals surface area contributed by atoms with Crippen molar-refractivity contribution in [1.82, 2.24) is 0 Å². The van der Waals surface area contributed by atoms with Gasteiger partial charge in [0.1, 0.15) is 0 Å². The molecule has 3 N–H and O–H groups in total. The van der Waals surface area contributed by atoms with Gasteiger partial charge in [-0.05, 0) is 25.2 Å². The SMILES string of the molecule is C=C1CC(C)[C@@H](O)C1CCC(O)O. The smallest absolute Gasteiger partial charge is 0.151 e. The first kappa shape index (κ1) is 10.7. The van der Waals surface area contributed by atoms with E-state index in [1.54, 1.807) is 0 Å². The first-order valence-electron chi connectivity index (χ1n) is 4.74. The first-order valence-corrected chi connectivity index (χ1v) is 4.74. The van der Waals surface area contributed by atoms with Gasteiger partial charge in [0.2, 0.25) is 0 Å². The lowest BCUT2D eigenvalue weighted by molar-refractivity contribution is -0.0509. The van der Waals surface area contributed by atoms with Crippen LogP contribution in [0.15, 0.2) is 12.2 Å². The fraction of sp³-hybridized carbons (Fsp3) is 0.800. The third-order valence-corrected chi connectivity index (χ3v) is 2.84. The average Bonchev–Trinajstić information content (AvgIpc) is 2.24. The van der Waals surface area contributed by atoms with Crippen LogP contribution in [-0.2, 0) is 0 Å². The molecular weight excluding hydrogens is 168 g/mol. The molecule has 0 saturated heterocycles. The molecule has 0 aromatic carbocycles. The molecule has 13 heavy (non-hydrogen) atoms. The zero-order valence-electron chi connectivity index (χ0n) is 7.98. The molecule has 0 amide bonds. The van der Waals surface area contributed by atoms with Crippen LogP contribution in [0, 0.1) is 11.8 Å². The predicted octanol–water partition coefficient (Wildman–Crippen LogP) is 0.650. The molecule has 76 valence electrons. The van der Waals surface area contributed by atoms with E-state index in [0.717, 1.165) is 12.0 Å². The Labute approximate surface area is 78.7 Å². The van der Waals surface area contributed by atoms with Gasteiger partial charge in [-0.15, -0.1) is 0 Å². The minimum absolute atomic E-state index is 0.0526. The Morgan fingerprint density at radius 3 is 2.54 bits per heavy atom. The van der Waals surface area contributed by atoms with Crippen LogP contribution in [-0.4, -0.2) is 27.7 Å². The number of rotatable bonds is 3. The Morgan fingerprint density at radius 1 is 1.54 bits per heavy atom. The zero-order valence-corrected chi connectivity index (χ0v) is 7.98. The Hall–Kier alpha value is -0.380. The van der Waals surface area contributed by atoms with E-state index in [4.69, 9.17) is 10.2 Å². The van der Waals surface area contributed by atoms with Gasteiger partial charge in [0, 0.05) is 5.92 Å². The molecule has 0 aromatic heterocycles. The van der Waals surface area contributed by atoms with Gasteiger partial charge in [0.15, 0.2) is 6.29 Å². The minimum atomic E-state index is -1.27. The third-order valence-electron chi connectivity index (χ3n) is 2.84. The van der Waals surface area contributed by atoms with Crippen LogP contribution in [0.4, 0.5) is 0 Å². The molecule has 1 rings (SSSR count). The monoisotopic (exact) mass is 186 g/mol. The first-order chi connectivity index (χ1) is 6.02. The van der Waals surface area contributed by atoms with Crippen molar-refractivity contribution < 1.29 is 15.3 Å². The molecule has 1 aliphatic carbocycles. The van der Waals surface area contributed by atoms with Crippen LogP contribution in [0.1, 0.15) is 26.2 Å². The minimum Gasteiger partial charge on any atom is -0.392 e. The number of aliphatic hydroxyl groups is 3. The van der Waals surface area contributed by atoms with E-state index in [-0.39, 0.29) is 17.9 Å². The number of hydrogen-bond acceptors (Lipinski definition) is 3. The standard InChI is InChI=1S/C10H18O3/c1-6-5-7(2)10(13)8(6)3-4-9(11)12/h7-13H,1,3-5H2,2H3/t7?,8?,10-/m1/s1. The van der Waals surface area contributed by atoms with E-state index in [9.17, 15) is 5.11 Å². The fourth-order valence-electron chi connectivity index (χ4n) is 2.03. The molecule has 0 spiro atoms. The van der Waals surface area contributed by atoms with E-state index in [0.29, 0.717) is 12.8 Å². The van der Waals surface area contributed by atoms with Gasteiger partial charge < -0.3 is 15.3 Å². The fourth-order valence-corrected chi connectivity index (χ4v) is 2.03. The lowest BCUT2D eigenvalue weighted by atomic mass is 9.95. The van der Waals surface area contributed by atoms with Crippen molar-refractivity contribution in [2.24, 2.45) is 11.8 Å². The van der Waals surface area contributed by atoms with Gasteiger partial charge in [0.25, 0.3) is 0 Å². The molecule has 3 atom stereocenters. The molecule has 3 heteroatoms. The highest BCUT2D eigenvalue weighted by molar-refractivity contribution is 5.11. The van der Waals surface area contributed by atoms with E-state index in [2.05, 4.69) is 6.58 Å². The summed E-state index contributed by atoms with van der Waals surface area (Å²) in [7, 11) is 0. The molecule has 1 aliphatic rings. The predicted molar refractivity (Wildman–Crippen MR) is 49.9 cm³/mol. The zero-order chi connectivity index (χ0) is 10.0. The van der Waals surface area contributed by atoms with E-state index < -0.39 is 6.29 Å². The normalized spacial score (nSPS) is 34.5. The van der Waals surface area contributed by atoms with Crippen LogP contribution < -0.4 is 0 Å². The van der Waals surface area contributed by atoms with Crippen molar-refractivity contribution in [1.29, 1.82) is 0 Å². The average molecular weight is 186 g/mol. The number of hydrogen-bond donors (Lipinski definition) is 3. The van der Waals surface area contributed by atoms with Gasteiger partial charge in [-0.3, -0.25) is 0 Å². The molecule has 0 radical (unpaired) electrons. The molecule has 1 saturated carbocycles. The maximum Gasteiger partial charge on any atom is 0.151 e. The van der Waals surface area contributed by atoms with Crippen molar-refractivity contribution in [3.8, 4) is 0 Å². The highest BCUT2D eigenvalue weighted by atomic mass is 16.5. The van der Waals surface area contributed by atoms with Gasteiger partial charge in [-0.1, -0.05) is 19.1 Å². The maximum absolute atomic E-state index is 9.72. The third kappa shape index (κ3) is 2.53. The molecular formula is C10H18O3. The highest BCUT2D eigenvalue weighted by Gasteiger charge is 2.34. The van der Waals surface area contributed by atoms with Gasteiger partial charge in [-0.2, -0.15) is 0 Å². The van der Waals surface area contributed by atoms with E-state index in [1.165, 1.54) is 0 Å². The summed E-state index contributed by atoms with van der Waals surface area (Å²) in [5.41, 5.74) is 1.04. The van der Waals surface area contributed by atoms with Crippen molar-refractivity contribution in [3.05, 3.63) is 12.2 Å². The molecule has 0 bridgehead atoms. The second-order valence-corrected chi connectivity index (χ2v) is 3.99. The van der Waals surface area contributed by atoms with Crippen LogP contribution in [0.5, 0.6) is 0 Å². The largest absolute Gasteiger partial charge is 0.392 e. The molecule has 0 aliphatic heterocycles. The summed E-state index contributed by atoms with van der Waals surface area (Å²) in [6.07, 6.45) is 0.158. The van der Waals surface area contributed by atoms with E-state index >= 15 is 0 Å². The Bertz CT molecular complexity index is 189. The van der Waals surface area contributed by atoms with Crippen LogP contribution in [0.25, 0.3) is 0 Å². The summed E-state index contributed by atoms with van der Waals surface area (Å²) in [5.74, 6) is 0.310. The second kappa shape index (κ2) is 4.22. The van der Waals surface area contributed by atoms with Crippen LogP contribution in [0.2, 0.25) is 0 Å². The molecule has 2 unspecified atom stereocenters. The molecule has 1 fully saturated rings. The summed E-state index contributed by atoms with van der Waals surface area (Å²) >= 11 is 0. The lowest BCUT2D eigenvalue weighted by Gasteiger charge is -2.17. The highest BCUT2D eigenvalue weighted by Crippen LogP contribution is 2.37. The summed E-state index contributed by atoms with van der Waals surface area (Å²) in [6.45, 7) is 5.88. The summed E-state index contributed by atoms with van der Waals surface area (Å²) in [5, 5.41) is 27.1. The van der Waals surface area contributed by atoms with Crippen molar-refractivity contribution in [3.63, 3.8) is 0 Å². The Morgan fingerprint density at radius 2 is 2.15 bits per heavy atom. The Balaban J connectivity index is 2.44. The summed E-state index contributed by atoms with van der Waals surface area (Å²) in [4.78, 5) is 0. The van der Waals surface area contributed by atoms with Gasteiger partial charge >= 0.3 is 0 Å². The van der Waals surface area contributed by atoms with Crippen molar-refractivity contribution in [2.45, 2.75) is 38.6 Å². The summed E-state index contributed by atoms with van der Waals surface area (Å²) < 4.78 is 0. The maximum atomic E-state index is 9.72. The topological polar surface area (TPSA) is 60.7 Å². The van der Waals surface area contributed by atoms with Crippen molar-refractivity contribution in [2.75, 3.05) is 0 Å². The lowest BCUT2D eigenvalue weighted by Crippen LogP contribution is -2.21. The second-order valence-electron chi connectivity index (χ2n) is 3.99. The molecule has 3 nitrogen and oxygen atoms in total. The Kier molecular flexibility index (Phi) is 3.47. The number of aliphatic hydroxyl groups excluding tert-OH is 2. The molecule has 0 heterocycles. The van der Waals surface area contributed by atoms with Crippen LogP contribution in [0.3, 0.4) is 0 Å².